The number of hydrogen-bond donors (Lipinski definition) is 1. The summed E-state index contributed by atoms with van der Waals surface area (Å²) in [7, 11) is 2.78. The van der Waals surface area contributed by atoms with Crippen LogP contribution in [-0.2, 0) is 67.4 Å². The third-order valence-corrected chi connectivity index (χ3v) is 23.3. The topological polar surface area (TPSA) is 295 Å². The zero-order chi connectivity index (χ0) is 97.6. The van der Waals surface area contributed by atoms with Gasteiger partial charge in [0.05, 0.1) is 77.9 Å². The second-order valence-electron chi connectivity index (χ2n) is 34.3. The Kier molecular flexibility index (Phi) is 72.8. The van der Waals surface area contributed by atoms with Crippen LogP contribution < -0.4 is 34.3 Å². The van der Waals surface area contributed by atoms with E-state index >= 15 is 0 Å². The van der Waals surface area contributed by atoms with Crippen molar-refractivity contribution in [1.82, 2.24) is 0 Å². The Labute approximate surface area is 780 Å². The van der Waals surface area contributed by atoms with Gasteiger partial charge < -0.3 is 38.1 Å². The number of nitro groups is 1. The molecule has 20 nitrogen and oxygen atoms in total. The van der Waals surface area contributed by atoms with E-state index in [9.17, 15) is 56.6 Å². The average molecular weight is 1780 g/mol. The molecule has 0 aliphatic rings. The Balaban J connectivity index is -0.000000244. The molecule has 0 aliphatic carbocycles. The number of ether oxygens (including phenoxy) is 6. The van der Waals surface area contributed by atoms with E-state index in [-0.39, 0.29) is 108 Å². The maximum Gasteiger partial charge on any atom is 1.00 e. The fourth-order valence-corrected chi connectivity index (χ4v) is 9.40. The van der Waals surface area contributed by atoms with Crippen LogP contribution >= 0.6 is 0 Å². The molecule has 0 fully saturated rings. The van der Waals surface area contributed by atoms with Gasteiger partial charge in [-0.3, -0.25) is 43.7 Å². The van der Waals surface area contributed by atoms with Crippen LogP contribution in [0.15, 0.2) is 169 Å². The van der Waals surface area contributed by atoms with Crippen LogP contribution in [0.4, 0.5) is 5.69 Å². The van der Waals surface area contributed by atoms with Crippen molar-refractivity contribution < 1.29 is 115 Å². The first-order valence-corrected chi connectivity index (χ1v) is 45.3. The molecule has 0 radical (unpaired) electrons. The number of carbonyl (C=O) groups excluding carboxylic acids is 6. The molecular weight excluding hydrogens is 1610 g/mol. The number of benzene rings is 6. The zero-order valence-corrected chi connectivity index (χ0v) is 87.0. The number of nitro benzene ring substituents is 1. The molecule has 6 unspecified atom stereocenters. The molecule has 1 N–H and O–H groups in total. The molecule has 0 saturated carbocycles. The molecule has 0 spiro atoms. The number of carboxylic acid groups (broad SMARTS) is 1. The van der Waals surface area contributed by atoms with E-state index in [2.05, 4.69) is 198 Å². The summed E-state index contributed by atoms with van der Waals surface area (Å²) in [4.78, 5) is 84.9. The molecule has 0 heterocycles. The van der Waals surface area contributed by atoms with Gasteiger partial charge in [0.1, 0.15) is 15.9 Å². The van der Waals surface area contributed by atoms with E-state index in [1.54, 1.807) is 38.1 Å². The fourth-order valence-electron chi connectivity index (χ4n) is 8.93. The second-order valence-corrected chi connectivity index (χ2v) is 35.7. The van der Waals surface area contributed by atoms with E-state index in [1.807, 2.05) is 147 Å². The van der Waals surface area contributed by atoms with Crippen LogP contribution in [0.1, 0.15) is 361 Å². The molecule has 0 bridgehead atoms. The Bertz CT molecular complexity index is 3670. The summed E-state index contributed by atoms with van der Waals surface area (Å²) >= 11 is 0. The van der Waals surface area contributed by atoms with Crippen molar-refractivity contribution in [3.63, 3.8) is 0 Å². The zero-order valence-electron chi connectivity index (χ0n) is 84.2. The minimum absolute atomic E-state index is 0. The van der Waals surface area contributed by atoms with Gasteiger partial charge >= 0.3 is 71.3 Å². The number of esters is 6. The monoisotopic (exact) mass is 1780 g/mol. The molecule has 0 aromatic heterocycles. The Morgan fingerprint density at radius 3 is 0.656 bits per heavy atom. The summed E-state index contributed by atoms with van der Waals surface area (Å²) < 4.78 is 59.7. The molecule has 6 aromatic rings. The van der Waals surface area contributed by atoms with Crippen LogP contribution in [0, 0.1) is 42.6 Å². The smallest absolute Gasteiger partial charge is 0.744 e. The predicted octanol–water partition coefficient (Wildman–Crippen LogP) is 24.4. The molecule has 22 heteroatoms. The minimum atomic E-state index is -4.30. The predicted molar refractivity (Wildman–Crippen MR) is 509 cm³/mol. The van der Waals surface area contributed by atoms with Crippen molar-refractivity contribution in [1.29, 1.82) is 0 Å². The molecule has 704 valence electrons. The molecular formula is C103H166NNaO19S. The summed E-state index contributed by atoms with van der Waals surface area (Å²) in [6.07, 6.45) is 11.6. The van der Waals surface area contributed by atoms with Crippen molar-refractivity contribution in [3.8, 4) is 5.75 Å². The standard InChI is InChI=1S/C12H16O2.C10H13NO2.C10H14O3S.3C10H14.5C7H14O2.C6H12O2.Na/c1-4-9(2)11-5-7-12(8-6-11)14-10(3)13;1-3-8(2)9-4-6-10(7-5-9)11(12)13;1-3-8(2)9-4-6-10(7-5-9)14(11,12)13;3*1-3-9(2)10-7-5-4-6-8-10;5*1-5-7(2,3)6(8)9-4;1-4-6(2,3)5(7)8;/h5-9H,4H2,1-3H3;4-8H,3H2,1-2H3;4-8H,3H2,1-2H3,(H,11,12,13);3*4-9H,3H2,1-2H3;5*5H2,1-4H3;4H2,1-3H3,(H,7,8);/q;;;;;;;;;;;;+1/p-1. The summed E-state index contributed by atoms with van der Waals surface area (Å²) in [6.45, 7) is 61.4. The average Bonchev–Trinajstić information content (AvgIpc) is 0.630. The maximum atomic E-state index is 10.8. The number of methoxy groups -OCH3 is 5. The first kappa shape index (κ1) is 130. The van der Waals surface area contributed by atoms with Gasteiger partial charge in [0.2, 0.25) is 0 Å². The normalized spacial score (nSPS) is 12.1. The largest absolute Gasteiger partial charge is 1.00 e. The molecule has 6 aromatic carbocycles. The molecule has 0 saturated heterocycles. The van der Waals surface area contributed by atoms with Gasteiger partial charge in [-0.2, -0.15) is 0 Å². The van der Waals surface area contributed by atoms with Crippen LogP contribution in [0.5, 0.6) is 5.75 Å². The number of carbonyl (C=O) groups is 7. The quantitative estimate of drug-likeness (QED) is 0.00953. The van der Waals surface area contributed by atoms with Crippen molar-refractivity contribution in [2.75, 3.05) is 35.5 Å². The van der Waals surface area contributed by atoms with Gasteiger partial charge in [0.15, 0.2) is 0 Å². The van der Waals surface area contributed by atoms with Gasteiger partial charge in [-0.1, -0.05) is 252 Å². The van der Waals surface area contributed by atoms with Gasteiger partial charge in [0.25, 0.3) is 5.69 Å². The number of hydrogen-bond acceptors (Lipinski definition) is 18. The van der Waals surface area contributed by atoms with Crippen molar-refractivity contribution in [3.05, 3.63) is 207 Å². The molecule has 6 atom stereocenters. The summed E-state index contributed by atoms with van der Waals surface area (Å²) in [5.74, 6) is 2.49. The van der Waals surface area contributed by atoms with Crippen LogP contribution in [0.2, 0.25) is 0 Å². The van der Waals surface area contributed by atoms with Gasteiger partial charge in [-0.15, -0.1) is 0 Å². The second kappa shape index (κ2) is 70.0. The number of rotatable bonds is 27. The third kappa shape index (κ3) is 58.8. The number of aliphatic carboxylic acids is 1. The van der Waals surface area contributed by atoms with E-state index in [4.69, 9.17) is 9.84 Å². The molecule has 125 heavy (non-hydrogen) atoms. The van der Waals surface area contributed by atoms with Crippen molar-refractivity contribution in [2.24, 2.45) is 32.5 Å². The van der Waals surface area contributed by atoms with E-state index in [0.717, 1.165) is 62.5 Å². The SMILES string of the molecule is CCC(C)(C)C(=O)O.CCC(C)(C)C(=O)OC.CCC(C)(C)C(=O)OC.CCC(C)(C)C(=O)OC.CCC(C)(C)C(=O)OC.CCC(C)(C)C(=O)OC.CCC(C)c1ccc(OC(C)=O)cc1.CCC(C)c1ccc(S(=O)(=O)[O-])cc1.CCC(C)c1ccc([N+](=O)[O-])cc1.CCC(C)c1ccccc1.CCC(C)c1ccccc1.CCC(C)c1ccccc1.[Na+]. The first-order valence-electron chi connectivity index (χ1n) is 43.9. The van der Waals surface area contributed by atoms with Crippen molar-refractivity contribution in [2.45, 2.75) is 332 Å². The summed E-state index contributed by atoms with van der Waals surface area (Å²) in [5, 5.41) is 18.8. The number of non-ortho nitro benzene ring substituents is 1. The van der Waals surface area contributed by atoms with Crippen molar-refractivity contribution >= 4 is 57.6 Å². The first-order chi connectivity index (χ1) is 57.5. The minimum Gasteiger partial charge on any atom is -0.744 e. The summed E-state index contributed by atoms with van der Waals surface area (Å²) in [5.41, 5.74) is 5.91. The molecule has 0 amide bonds. The van der Waals surface area contributed by atoms with E-state index < -0.39 is 21.5 Å². The fraction of sp³-hybridized carbons (Fsp3) is 0.583. The number of carboxylic acids is 1. The summed E-state index contributed by atoms with van der Waals surface area (Å²) in [6, 6.07) is 52.5. The number of nitrogens with zero attached hydrogens (tertiary/aromatic N) is 1. The molecule has 6 rings (SSSR count). The third-order valence-electron chi connectivity index (χ3n) is 22.5. The van der Waals surface area contributed by atoms with E-state index in [0.29, 0.717) is 47.7 Å². The van der Waals surface area contributed by atoms with Gasteiger partial charge in [-0.25, -0.2) is 8.42 Å². The van der Waals surface area contributed by atoms with E-state index in [1.165, 1.54) is 96.1 Å². The van der Waals surface area contributed by atoms with Gasteiger partial charge in [-0.05, 0) is 253 Å². The van der Waals surface area contributed by atoms with Crippen LogP contribution in [0.3, 0.4) is 0 Å². The van der Waals surface area contributed by atoms with Crippen LogP contribution in [-0.4, -0.2) is 100 Å². The Morgan fingerprint density at radius 2 is 0.520 bits per heavy atom. The maximum absolute atomic E-state index is 10.8. The Hall–Kier alpha value is -8.08. The van der Waals surface area contributed by atoms with Crippen LogP contribution in [0.25, 0.3) is 0 Å². The van der Waals surface area contributed by atoms with Gasteiger partial charge in [0, 0.05) is 19.1 Å². The molecule has 0 aliphatic heterocycles. The Morgan fingerprint density at radius 1 is 0.336 bits per heavy atom.